The number of halogens is 1. The maximum atomic E-state index is 15.0. The highest BCUT2D eigenvalue weighted by molar-refractivity contribution is 7.98. The molecule has 3 saturated carbocycles. The molecule has 2 bridgehead atoms. The van der Waals surface area contributed by atoms with Crippen LogP contribution in [-0.4, -0.2) is 32.8 Å². The quantitative estimate of drug-likeness (QED) is 0.607. The number of hydrogen-bond donors (Lipinski definition) is 1. The zero-order valence-corrected chi connectivity index (χ0v) is 19.1. The Bertz CT molecular complexity index is 1420. The average molecular weight is 476 g/mol. The van der Waals surface area contributed by atoms with E-state index in [9.17, 15) is 14.7 Å². The summed E-state index contributed by atoms with van der Waals surface area (Å²) < 4.78 is 16.6. The molecule has 0 saturated heterocycles. The normalized spacial score (nSPS) is 26.6. The van der Waals surface area contributed by atoms with Gasteiger partial charge < -0.3 is 10.0 Å². The van der Waals surface area contributed by atoms with E-state index < -0.39 is 17.2 Å². The molecule has 0 radical (unpaired) electrons. The minimum Gasteiger partial charge on any atom is -0.502 e. The fourth-order valence-corrected chi connectivity index (χ4v) is 7.26. The predicted molar refractivity (Wildman–Crippen MR) is 126 cm³/mol. The lowest BCUT2D eigenvalue weighted by Crippen LogP contribution is -2.73. The Kier molecular flexibility index (Phi) is 4.08. The molecule has 3 aliphatic carbocycles. The van der Waals surface area contributed by atoms with Crippen molar-refractivity contribution in [1.82, 2.24) is 9.58 Å². The minimum atomic E-state index is -0.581. The lowest BCUT2D eigenvalue weighted by atomic mass is 9.49. The van der Waals surface area contributed by atoms with E-state index in [0.717, 1.165) is 35.3 Å². The molecule has 2 aliphatic heterocycles. The van der Waals surface area contributed by atoms with Gasteiger partial charge in [-0.2, -0.15) is 0 Å². The minimum absolute atomic E-state index is 0.0178. The van der Waals surface area contributed by atoms with Gasteiger partial charge in [0.15, 0.2) is 11.4 Å². The molecule has 3 heterocycles. The van der Waals surface area contributed by atoms with Crippen LogP contribution in [0.2, 0.25) is 0 Å². The first-order valence-corrected chi connectivity index (χ1v) is 12.5. The SMILES string of the molecule is O=C1c2c(O)c(=O)ccn2N([C@@H]2c3ccccc3SCc3c(F)cccc32)CN1C12CC(C1)C2. The largest absolute Gasteiger partial charge is 0.502 e. The van der Waals surface area contributed by atoms with Crippen LogP contribution in [-0.2, 0) is 5.75 Å². The summed E-state index contributed by atoms with van der Waals surface area (Å²) in [6, 6.07) is 14.0. The number of nitrogens with zero attached hydrogens (tertiary/aromatic N) is 3. The standard InChI is InChI=1S/C26H22FN3O3S/c27-19-6-3-5-16-18(19)13-34-21-7-2-1-4-17(21)22(16)30-14-28(26-10-15(11-26)12-26)25(33)23-24(32)20(31)8-9-29(23)30/h1-9,15,22,32H,10-14H2/t15?,22-,26?/m0/s1. The second-order valence-corrected chi connectivity index (χ2v) is 10.8. The van der Waals surface area contributed by atoms with Gasteiger partial charge in [-0.3, -0.25) is 19.3 Å². The summed E-state index contributed by atoms with van der Waals surface area (Å²) in [5, 5.41) is 12.7. The Hall–Kier alpha value is -3.26. The van der Waals surface area contributed by atoms with E-state index in [4.69, 9.17) is 0 Å². The van der Waals surface area contributed by atoms with Gasteiger partial charge in [-0.1, -0.05) is 30.3 Å². The van der Waals surface area contributed by atoms with Gasteiger partial charge in [0.25, 0.3) is 5.91 Å². The summed E-state index contributed by atoms with van der Waals surface area (Å²) in [6.07, 6.45) is 4.40. The Labute approximate surface area is 199 Å². The van der Waals surface area contributed by atoms with Crippen molar-refractivity contribution in [3.8, 4) is 5.75 Å². The van der Waals surface area contributed by atoms with E-state index in [0.29, 0.717) is 23.9 Å². The maximum Gasteiger partial charge on any atom is 0.278 e. The Balaban J connectivity index is 1.48. The number of pyridine rings is 1. The van der Waals surface area contributed by atoms with E-state index in [1.165, 1.54) is 12.1 Å². The summed E-state index contributed by atoms with van der Waals surface area (Å²) in [4.78, 5) is 28.9. The lowest BCUT2D eigenvalue weighted by Gasteiger charge is -2.67. The van der Waals surface area contributed by atoms with E-state index in [-0.39, 0.29) is 23.0 Å². The average Bonchev–Trinajstić information content (AvgIpc) is 2.93. The van der Waals surface area contributed by atoms with Crippen molar-refractivity contribution in [3.63, 3.8) is 0 Å². The van der Waals surface area contributed by atoms with Crippen molar-refractivity contribution in [2.75, 3.05) is 11.7 Å². The van der Waals surface area contributed by atoms with E-state index >= 15 is 4.39 Å². The van der Waals surface area contributed by atoms with Crippen molar-refractivity contribution in [1.29, 1.82) is 0 Å². The van der Waals surface area contributed by atoms with Gasteiger partial charge in [-0.15, -0.1) is 11.8 Å². The predicted octanol–water partition coefficient (Wildman–Crippen LogP) is 3.99. The molecule has 6 nitrogen and oxygen atoms in total. The molecule has 3 aromatic rings. The van der Waals surface area contributed by atoms with E-state index in [1.54, 1.807) is 28.7 Å². The van der Waals surface area contributed by atoms with Gasteiger partial charge in [-0.25, -0.2) is 4.39 Å². The van der Waals surface area contributed by atoms with Crippen LogP contribution in [0.15, 0.2) is 64.4 Å². The monoisotopic (exact) mass is 475 g/mol. The third kappa shape index (κ3) is 2.57. The van der Waals surface area contributed by atoms with E-state index in [1.807, 2.05) is 40.2 Å². The van der Waals surface area contributed by atoms with E-state index in [2.05, 4.69) is 0 Å². The highest BCUT2D eigenvalue weighted by Gasteiger charge is 2.62. The number of fused-ring (bicyclic) bond motifs is 3. The summed E-state index contributed by atoms with van der Waals surface area (Å²) in [5.41, 5.74) is 1.65. The first-order chi connectivity index (χ1) is 16.5. The molecule has 2 aromatic carbocycles. The highest BCUT2D eigenvalue weighted by atomic mass is 32.2. The van der Waals surface area contributed by atoms with Crippen LogP contribution in [0.4, 0.5) is 4.39 Å². The topological polar surface area (TPSA) is 65.8 Å². The number of aromatic hydroxyl groups is 1. The highest BCUT2D eigenvalue weighted by Crippen LogP contribution is 2.61. The van der Waals surface area contributed by atoms with Gasteiger partial charge in [0.1, 0.15) is 12.5 Å². The van der Waals surface area contributed by atoms with Gasteiger partial charge >= 0.3 is 0 Å². The van der Waals surface area contributed by atoms with Gasteiger partial charge in [0.05, 0.1) is 6.04 Å². The first kappa shape index (κ1) is 20.1. The Morgan fingerprint density at radius 1 is 1.00 bits per heavy atom. The second kappa shape index (κ2) is 6.88. The number of carbonyl (C=O) groups is 1. The molecule has 0 spiro atoms. The number of rotatable bonds is 2. The van der Waals surface area contributed by atoms with Gasteiger partial charge in [-0.05, 0) is 48.4 Å². The van der Waals surface area contributed by atoms with Crippen LogP contribution in [0, 0.1) is 11.7 Å². The van der Waals surface area contributed by atoms with Crippen LogP contribution in [0.1, 0.15) is 52.5 Å². The molecule has 0 unspecified atom stereocenters. The summed E-state index contributed by atoms with van der Waals surface area (Å²) in [5.74, 6) is 0.0412. The van der Waals surface area contributed by atoms with Crippen LogP contribution < -0.4 is 10.4 Å². The fraction of sp³-hybridized carbons (Fsp3) is 0.308. The zero-order valence-electron chi connectivity index (χ0n) is 18.3. The van der Waals surface area contributed by atoms with Crippen LogP contribution in [0.25, 0.3) is 0 Å². The van der Waals surface area contributed by atoms with Crippen molar-refractivity contribution in [3.05, 3.63) is 93.2 Å². The molecule has 172 valence electrons. The molecule has 3 fully saturated rings. The third-order valence-electron chi connectivity index (χ3n) is 7.98. The fourth-order valence-electron chi connectivity index (χ4n) is 6.13. The van der Waals surface area contributed by atoms with Crippen LogP contribution >= 0.6 is 11.8 Å². The second-order valence-electron chi connectivity index (χ2n) is 9.78. The molecule has 8 heteroatoms. The number of thioether (sulfide) groups is 1. The smallest absolute Gasteiger partial charge is 0.278 e. The lowest BCUT2D eigenvalue weighted by molar-refractivity contribution is -0.128. The van der Waals surface area contributed by atoms with Crippen molar-refractivity contribution in [2.45, 2.75) is 41.5 Å². The van der Waals surface area contributed by atoms with Gasteiger partial charge in [0, 0.05) is 34.0 Å². The maximum absolute atomic E-state index is 15.0. The number of aromatic nitrogens is 1. The molecule has 5 aliphatic rings. The molecule has 34 heavy (non-hydrogen) atoms. The third-order valence-corrected chi connectivity index (χ3v) is 9.09. The summed E-state index contributed by atoms with van der Waals surface area (Å²) >= 11 is 1.60. The van der Waals surface area contributed by atoms with Crippen molar-refractivity contribution < 1.29 is 14.3 Å². The first-order valence-electron chi connectivity index (χ1n) is 11.5. The Morgan fingerprint density at radius 3 is 2.53 bits per heavy atom. The molecule has 1 amide bonds. The van der Waals surface area contributed by atoms with Crippen molar-refractivity contribution in [2.24, 2.45) is 5.92 Å². The Morgan fingerprint density at radius 2 is 1.76 bits per heavy atom. The zero-order chi connectivity index (χ0) is 23.2. The molecule has 8 rings (SSSR count). The number of carbonyl (C=O) groups excluding carboxylic acids is 1. The molecular formula is C26H22FN3O3S. The summed E-state index contributed by atoms with van der Waals surface area (Å²) in [6.45, 7) is 0.292. The number of hydrogen-bond acceptors (Lipinski definition) is 5. The molecular weight excluding hydrogens is 453 g/mol. The van der Waals surface area contributed by atoms with Crippen LogP contribution in [0.5, 0.6) is 5.75 Å². The molecule has 1 atom stereocenters. The molecule has 1 N–H and O–H groups in total. The van der Waals surface area contributed by atoms with Gasteiger partial charge in [0.2, 0.25) is 5.43 Å². The number of benzene rings is 2. The van der Waals surface area contributed by atoms with Crippen LogP contribution in [0.3, 0.4) is 0 Å². The number of amides is 1. The summed E-state index contributed by atoms with van der Waals surface area (Å²) in [7, 11) is 0. The molecule has 1 aromatic heterocycles. The van der Waals surface area contributed by atoms with Crippen molar-refractivity contribution >= 4 is 17.7 Å².